The van der Waals surface area contributed by atoms with Crippen molar-refractivity contribution in [3.63, 3.8) is 0 Å². The molecule has 1 heterocycles. The predicted molar refractivity (Wildman–Crippen MR) is 135 cm³/mol. The summed E-state index contributed by atoms with van der Waals surface area (Å²) in [6, 6.07) is 18.4. The van der Waals surface area contributed by atoms with Gasteiger partial charge in [0.2, 0.25) is 0 Å². The first-order chi connectivity index (χ1) is 15.9. The first-order valence-electron chi connectivity index (χ1n) is 10.8. The number of pyridine rings is 1. The molecule has 0 saturated carbocycles. The Morgan fingerprint density at radius 3 is 2.45 bits per heavy atom. The number of nitrogens with one attached hydrogen (secondary N) is 1. The highest BCUT2D eigenvalue weighted by molar-refractivity contribution is 6.31. The molecule has 0 amide bonds. The molecule has 0 bridgehead atoms. The van der Waals surface area contributed by atoms with Gasteiger partial charge in [-0.15, -0.1) is 0 Å². The third kappa shape index (κ3) is 5.17. The highest BCUT2D eigenvalue weighted by Gasteiger charge is 2.13. The average molecular weight is 482 g/mol. The molecule has 0 saturated heterocycles. The van der Waals surface area contributed by atoms with Crippen molar-refractivity contribution in [2.75, 3.05) is 0 Å². The van der Waals surface area contributed by atoms with E-state index in [1.54, 1.807) is 30.3 Å². The van der Waals surface area contributed by atoms with Gasteiger partial charge in [0.1, 0.15) is 5.75 Å². The van der Waals surface area contributed by atoms with Gasteiger partial charge in [-0.3, -0.25) is 0 Å². The van der Waals surface area contributed by atoms with Gasteiger partial charge < -0.3 is 15.6 Å². The van der Waals surface area contributed by atoms with Crippen LogP contribution in [0.5, 0.6) is 5.75 Å². The van der Waals surface area contributed by atoms with Crippen molar-refractivity contribution in [1.29, 1.82) is 0 Å². The van der Waals surface area contributed by atoms with Crippen LogP contribution in [-0.2, 0) is 6.54 Å². The van der Waals surface area contributed by atoms with E-state index in [0.29, 0.717) is 44.8 Å². The smallest absolute Gasteiger partial charge is 0.128 e. The first kappa shape index (κ1) is 23.2. The second-order valence-corrected chi connectivity index (χ2v) is 8.89. The van der Waals surface area contributed by atoms with Gasteiger partial charge in [0.25, 0.3) is 0 Å². The number of aromatic hydroxyl groups is 1. The third-order valence-corrected chi connectivity index (χ3v) is 6.17. The minimum Gasteiger partial charge on any atom is -0.507 e. The number of halogens is 2. The van der Waals surface area contributed by atoms with Crippen LogP contribution in [0.2, 0.25) is 10.0 Å². The van der Waals surface area contributed by atoms with E-state index in [1.165, 1.54) is 6.20 Å². The molecule has 0 aliphatic rings. The Kier molecular flexibility index (Phi) is 6.94. The summed E-state index contributed by atoms with van der Waals surface area (Å²) in [6.45, 7) is 4.73. The lowest BCUT2D eigenvalue weighted by Gasteiger charge is -2.15. The van der Waals surface area contributed by atoms with Crippen LogP contribution in [-0.4, -0.2) is 21.1 Å². The van der Waals surface area contributed by atoms with Gasteiger partial charge in [-0.05, 0) is 67.4 Å². The third-order valence-electron chi connectivity index (χ3n) is 5.69. The molecule has 0 aliphatic heterocycles. The van der Waals surface area contributed by atoms with Crippen LogP contribution >= 0.6 is 23.2 Å². The minimum absolute atomic E-state index is 0.213. The Morgan fingerprint density at radius 1 is 1.00 bits per heavy atom. The summed E-state index contributed by atoms with van der Waals surface area (Å²) < 4.78 is 1.03. The molecule has 3 N–H and O–H groups in total. The Morgan fingerprint density at radius 2 is 1.73 bits per heavy atom. The Bertz CT molecular complexity index is 1360. The summed E-state index contributed by atoms with van der Waals surface area (Å²) in [6.07, 6.45) is 2.51. The number of hydrogen-bond donors (Lipinski definition) is 3. The van der Waals surface area contributed by atoms with Gasteiger partial charge in [-0.25, -0.2) is 4.99 Å². The molecule has 3 aromatic carbocycles. The van der Waals surface area contributed by atoms with Gasteiger partial charge in [0.15, 0.2) is 0 Å². The van der Waals surface area contributed by atoms with Gasteiger partial charge >= 0.3 is 0 Å². The van der Waals surface area contributed by atoms with Crippen molar-refractivity contribution in [2.45, 2.75) is 32.9 Å². The van der Waals surface area contributed by atoms with Crippen LogP contribution in [0, 0.1) is 0 Å². The van der Waals surface area contributed by atoms with E-state index >= 15 is 0 Å². The van der Waals surface area contributed by atoms with E-state index in [9.17, 15) is 10.3 Å². The number of aromatic nitrogens is 1. The Labute approximate surface area is 202 Å². The molecule has 0 fully saturated rings. The number of phenolic OH excluding ortho intramolecular Hbond substituents is 1. The summed E-state index contributed by atoms with van der Waals surface area (Å²) in [5.74, 6) is 0.213. The fourth-order valence-corrected chi connectivity index (χ4v) is 3.91. The normalized spacial score (nSPS) is 12.9. The number of phenols is 1. The fraction of sp³-hybridized carbons (Fsp3) is 0.192. The number of fused-ring (bicyclic) bond motifs is 1. The maximum absolute atomic E-state index is 11.1. The molecular formula is C26H25Cl2N3O2. The molecular weight excluding hydrogens is 457 g/mol. The van der Waals surface area contributed by atoms with Crippen molar-refractivity contribution in [3.8, 4) is 16.9 Å². The van der Waals surface area contributed by atoms with E-state index < -0.39 is 0 Å². The van der Waals surface area contributed by atoms with Crippen LogP contribution < -0.4 is 10.7 Å². The molecule has 1 aromatic heterocycles. The van der Waals surface area contributed by atoms with Crippen molar-refractivity contribution in [3.05, 3.63) is 87.8 Å². The van der Waals surface area contributed by atoms with Gasteiger partial charge in [-0.2, -0.15) is 4.73 Å². The van der Waals surface area contributed by atoms with Crippen LogP contribution in [0.1, 0.15) is 25.8 Å². The lowest BCUT2D eigenvalue weighted by Crippen LogP contribution is -2.24. The van der Waals surface area contributed by atoms with Crippen molar-refractivity contribution in [2.24, 2.45) is 4.99 Å². The molecule has 33 heavy (non-hydrogen) atoms. The van der Waals surface area contributed by atoms with E-state index in [4.69, 9.17) is 28.2 Å². The van der Waals surface area contributed by atoms with Crippen LogP contribution in [0.25, 0.3) is 22.0 Å². The number of hydrogen-bond acceptors (Lipinski definition) is 4. The summed E-state index contributed by atoms with van der Waals surface area (Å²) in [7, 11) is 0. The highest BCUT2D eigenvalue weighted by Crippen LogP contribution is 2.37. The van der Waals surface area contributed by atoms with Crippen LogP contribution in [0.4, 0.5) is 5.69 Å². The monoisotopic (exact) mass is 481 g/mol. The van der Waals surface area contributed by atoms with E-state index in [1.807, 2.05) is 30.3 Å². The largest absolute Gasteiger partial charge is 0.507 e. The van der Waals surface area contributed by atoms with E-state index in [0.717, 1.165) is 27.7 Å². The molecule has 7 heteroatoms. The summed E-state index contributed by atoms with van der Waals surface area (Å²) >= 11 is 12.2. The van der Waals surface area contributed by atoms with Gasteiger partial charge in [-0.1, -0.05) is 42.3 Å². The zero-order valence-corrected chi connectivity index (χ0v) is 19.9. The molecule has 0 spiro atoms. The predicted octanol–water partition coefficient (Wildman–Crippen LogP) is 6.68. The molecule has 4 aromatic rings. The van der Waals surface area contributed by atoms with Crippen molar-refractivity contribution < 1.29 is 10.3 Å². The fourth-order valence-electron chi connectivity index (χ4n) is 3.61. The molecule has 5 nitrogen and oxygen atoms in total. The summed E-state index contributed by atoms with van der Waals surface area (Å²) in [5, 5.41) is 27.3. The standard InChI is InChI=1S/C26H25Cl2N3O2/c1-3-16(2)29-15-18-12-21(14-23(26(18)32)17-4-6-19(27)7-5-17)30-24-10-11-31(33)25-13-20(28)8-9-22(24)25/h4-14,16,29,32-33H,3,15H2,1-2H3. The lowest BCUT2D eigenvalue weighted by atomic mass is 10.00. The summed E-state index contributed by atoms with van der Waals surface area (Å²) in [5.41, 5.74) is 3.51. The Balaban J connectivity index is 1.89. The quantitative estimate of drug-likeness (QED) is 0.269. The van der Waals surface area contributed by atoms with E-state index in [2.05, 4.69) is 19.2 Å². The molecule has 1 atom stereocenters. The highest BCUT2D eigenvalue weighted by atomic mass is 35.5. The molecule has 170 valence electrons. The molecule has 1 unspecified atom stereocenters. The number of nitrogens with zero attached hydrogens (tertiary/aromatic N) is 2. The lowest BCUT2D eigenvalue weighted by molar-refractivity contribution is 0.198. The van der Waals surface area contributed by atoms with E-state index in [-0.39, 0.29) is 5.75 Å². The zero-order valence-electron chi connectivity index (χ0n) is 18.4. The second kappa shape index (κ2) is 9.87. The van der Waals surface area contributed by atoms with Crippen molar-refractivity contribution in [1.82, 2.24) is 10.0 Å². The maximum Gasteiger partial charge on any atom is 0.128 e. The number of rotatable bonds is 6. The summed E-state index contributed by atoms with van der Waals surface area (Å²) in [4.78, 5) is 4.86. The SMILES string of the molecule is CCC(C)NCc1cc(N=c2ccn(O)c3cc(Cl)ccc23)cc(-c2ccc(Cl)cc2)c1O. The number of benzene rings is 3. The van der Waals surface area contributed by atoms with Crippen molar-refractivity contribution >= 4 is 39.8 Å². The first-order valence-corrected chi connectivity index (χ1v) is 11.5. The maximum atomic E-state index is 11.1. The molecule has 4 rings (SSSR count). The van der Waals surface area contributed by atoms with Crippen LogP contribution in [0.15, 0.2) is 71.9 Å². The van der Waals surface area contributed by atoms with Gasteiger partial charge in [0, 0.05) is 45.3 Å². The van der Waals surface area contributed by atoms with Gasteiger partial charge in [0.05, 0.1) is 16.6 Å². The average Bonchev–Trinajstić information content (AvgIpc) is 2.81. The molecule has 0 radical (unpaired) electrons. The second-order valence-electron chi connectivity index (χ2n) is 8.02. The Hall–Kier alpha value is -2.99. The topological polar surface area (TPSA) is 69.8 Å². The minimum atomic E-state index is 0.213. The zero-order chi connectivity index (χ0) is 23.5. The molecule has 0 aliphatic carbocycles. The van der Waals surface area contributed by atoms with Crippen LogP contribution in [0.3, 0.4) is 0 Å².